The molecule has 0 bridgehead atoms. The molecule has 0 radical (unpaired) electrons. The molecule has 3 heterocycles. The van der Waals surface area contributed by atoms with Crippen LogP contribution in [0.3, 0.4) is 0 Å². The summed E-state index contributed by atoms with van der Waals surface area (Å²) in [6.45, 7) is 10.8. The normalized spacial score (nSPS) is 16.7. The number of fused-ring (bicyclic) bond motifs is 2. The van der Waals surface area contributed by atoms with Crippen molar-refractivity contribution in [1.82, 2.24) is 14.5 Å². The third kappa shape index (κ3) is 2.61. The first-order chi connectivity index (χ1) is 9.85. The second-order valence-electron chi connectivity index (χ2n) is 6.33. The predicted molar refractivity (Wildman–Crippen MR) is 81.2 cm³/mol. The Morgan fingerprint density at radius 1 is 1.52 bits per heavy atom. The molecule has 0 N–H and O–H groups in total. The molecule has 0 unspecified atom stereocenters. The maximum atomic E-state index is 12.5. The molecule has 2 aromatic rings. The van der Waals surface area contributed by atoms with Crippen molar-refractivity contribution < 1.29 is 4.74 Å². The number of hydrogen-bond acceptors (Lipinski definition) is 4. The molecule has 2 aromatic heterocycles. The van der Waals surface area contributed by atoms with Crippen LogP contribution in [0.25, 0.3) is 11.0 Å². The van der Waals surface area contributed by atoms with E-state index >= 15 is 0 Å². The Morgan fingerprint density at radius 2 is 2.29 bits per heavy atom. The van der Waals surface area contributed by atoms with Gasteiger partial charge in [0.15, 0.2) is 5.65 Å². The minimum Gasteiger partial charge on any atom is -0.370 e. The molecule has 0 spiro atoms. The van der Waals surface area contributed by atoms with Gasteiger partial charge in [-0.15, -0.1) is 0 Å². The van der Waals surface area contributed by atoms with Crippen LogP contribution in [-0.2, 0) is 24.3 Å². The molecule has 0 saturated carbocycles. The average Bonchev–Trinajstić information content (AvgIpc) is 2.39. The standard InChI is InChI=1S/C16H19N3O2/c1-10(2)7-19-9-17-14-12(15(19)20)5-11-8-21-16(3,4)6-13(11)18-14/h5,9H,1,6-8H2,2-4H3. The molecular weight excluding hydrogens is 266 g/mol. The van der Waals surface area contributed by atoms with Crippen LogP contribution in [0.4, 0.5) is 0 Å². The minimum atomic E-state index is -0.220. The molecule has 21 heavy (non-hydrogen) atoms. The fourth-order valence-electron chi connectivity index (χ4n) is 2.58. The summed E-state index contributed by atoms with van der Waals surface area (Å²) in [5.74, 6) is 0. The second kappa shape index (κ2) is 4.77. The van der Waals surface area contributed by atoms with E-state index in [2.05, 4.69) is 16.5 Å². The summed E-state index contributed by atoms with van der Waals surface area (Å²) in [5, 5.41) is 0.542. The Morgan fingerprint density at radius 3 is 3.00 bits per heavy atom. The Kier molecular flexibility index (Phi) is 3.17. The second-order valence-corrected chi connectivity index (χ2v) is 6.33. The zero-order valence-electron chi connectivity index (χ0n) is 12.6. The molecule has 0 amide bonds. The lowest BCUT2D eigenvalue weighted by Crippen LogP contribution is -2.33. The molecule has 0 saturated heterocycles. The SMILES string of the molecule is C=C(C)Cn1cnc2nc3c(cc2c1=O)COC(C)(C)C3. The molecule has 5 nitrogen and oxygen atoms in total. The van der Waals surface area contributed by atoms with Gasteiger partial charge >= 0.3 is 0 Å². The first-order valence-corrected chi connectivity index (χ1v) is 7.02. The Bertz CT molecular complexity index is 790. The largest absolute Gasteiger partial charge is 0.370 e. The summed E-state index contributed by atoms with van der Waals surface area (Å²) in [4.78, 5) is 21.4. The van der Waals surface area contributed by atoms with E-state index in [0.29, 0.717) is 24.2 Å². The number of hydrogen-bond donors (Lipinski definition) is 0. The highest BCUT2D eigenvalue weighted by molar-refractivity contribution is 5.74. The van der Waals surface area contributed by atoms with Crippen molar-refractivity contribution in [2.45, 2.75) is 45.9 Å². The Hall–Kier alpha value is -2.01. The van der Waals surface area contributed by atoms with Crippen LogP contribution >= 0.6 is 0 Å². The molecule has 0 aliphatic carbocycles. The monoisotopic (exact) mass is 285 g/mol. The van der Waals surface area contributed by atoms with Crippen LogP contribution in [0, 0.1) is 0 Å². The van der Waals surface area contributed by atoms with Gasteiger partial charge in [0.05, 0.1) is 23.3 Å². The zero-order valence-corrected chi connectivity index (χ0v) is 12.6. The summed E-state index contributed by atoms with van der Waals surface area (Å²) < 4.78 is 7.35. The lowest BCUT2D eigenvalue weighted by Gasteiger charge is -2.31. The van der Waals surface area contributed by atoms with Crippen molar-refractivity contribution >= 4 is 11.0 Å². The number of aromatic nitrogens is 3. The van der Waals surface area contributed by atoms with Crippen molar-refractivity contribution in [2.24, 2.45) is 0 Å². The van der Waals surface area contributed by atoms with Crippen LogP contribution in [0.15, 0.2) is 29.3 Å². The first-order valence-electron chi connectivity index (χ1n) is 7.02. The smallest absolute Gasteiger partial charge is 0.263 e. The van der Waals surface area contributed by atoms with Crippen molar-refractivity contribution in [3.63, 3.8) is 0 Å². The van der Waals surface area contributed by atoms with Crippen molar-refractivity contribution in [1.29, 1.82) is 0 Å². The fraction of sp³-hybridized carbons (Fsp3) is 0.438. The summed E-state index contributed by atoms with van der Waals surface area (Å²) in [6, 6.07) is 1.87. The summed E-state index contributed by atoms with van der Waals surface area (Å²) >= 11 is 0. The molecule has 110 valence electrons. The third-order valence-electron chi connectivity index (χ3n) is 3.63. The van der Waals surface area contributed by atoms with E-state index in [9.17, 15) is 4.79 Å². The van der Waals surface area contributed by atoms with Crippen molar-refractivity contribution in [3.05, 3.63) is 46.2 Å². The molecule has 0 fully saturated rings. The molecular formula is C16H19N3O2. The Balaban J connectivity index is 2.14. The molecule has 0 atom stereocenters. The van der Waals surface area contributed by atoms with E-state index in [0.717, 1.165) is 23.3 Å². The molecule has 5 heteroatoms. The quantitative estimate of drug-likeness (QED) is 0.794. The number of ether oxygens (including phenoxy) is 1. The molecule has 3 rings (SSSR count). The van der Waals surface area contributed by atoms with Gasteiger partial charge in [0.1, 0.15) is 6.33 Å². The van der Waals surface area contributed by atoms with E-state index in [1.807, 2.05) is 26.8 Å². The Labute approximate surface area is 123 Å². The summed E-state index contributed by atoms with van der Waals surface area (Å²) in [6.07, 6.45) is 2.28. The fourth-order valence-corrected chi connectivity index (χ4v) is 2.58. The van der Waals surface area contributed by atoms with Gasteiger partial charge in [0.2, 0.25) is 0 Å². The van der Waals surface area contributed by atoms with Gasteiger partial charge in [-0.25, -0.2) is 9.97 Å². The topological polar surface area (TPSA) is 57.0 Å². The molecule has 0 aromatic carbocycles. The predicted octanol–water partition coefficient (Wildman–Crippen LogP) is 2.22. The maximum Gasteiger partial charge on any atom is 0.263 e. The van der Waals surface area contributed by atoms with Gasteiger partial charge in [0.25, 0.3) is 5.56 Å². The summed E-state index contributed by atoms with van der Waals surface area (Å²) in [7, 11) is 0. The lowest BCUT2D eigenvalue weighted by molar-refractivity contribution is -0.0411. The zero-order chi connectivity index (χ0) is 15.2. The number of pyridine rings is 1. The van der Waals surface area contributed by atoms with Gasteiger partial charge in [-0.2, -0.15) is 0 Å². The highest BCUT2D eigenvalue weighted by atomic mass is 16.5. The van der Waals surface area contributed by atoms with Crippen LogP contribution in [0.2, 0.25) is 0 Å². The van der Waals surface area contributed by atoms with Crippen LogP contribution in [-0.4, -0.2) is 20.1 Å². The summed E-state index contributed by atoms with van der Waals surface area (Å²) in [5.41, 5.74) is 3.08. The van der Waals surface area contributed by atoms with Gasteiger partial charge in [-0.1, -0.05) is 12.2 Å². The van der Waals surface area contributed by atoms with E-state index in [1.54, 1.807) is 10.9 Å². The van der Waals surface area contributed by atoms with Gasteiger partial charge < -0.3 is 4.74 Å². The number of rotatable bonds is 2. The minimum absolute atomic E-state index is 0.0804. The van der Waals surface area contributed by atoms with Gasteiger partial charge in [0, 0.05) is 18.5 Å². The highest BCUT2D eigenvalue weighted by Crippen LogP contribution is 2.27. The van der Waals surface area contributed by atoms with E-state index < -0.39 is 0 Å². The molecule has 1 aliphatic heterocycles. The van der Waals surface area contributed by atoms with Crippen LogP contribution in [0.5, 0.6) is 0 Å². The average molecular weight is 285 g/mol. The van der Waals surface area contributed by atoms with Crippen LogP contribution < -0.4 is 5.56 Å². The van der Waals surface area contributed by atoms with E-state index in [4.69, 9.17) is 4.74 Å². The van der Waals surface area contributed by atoms with E-state index in [-0.39, 0.29) is 11.2 Å². The van der Waals surface area contributed by atoms with Crippen molar-refractivity contribution in [3.8, 4) is 0 Å². The first kappa shape index (κ1) is 13.9. The van der Waals surface area contributed by atoms with Gasteiger partial charge in [-0.3, -0.25) is 9.36 Å². The van der Waals surface area contributed by atoms with Crippen LogP contribution in [0.1, 0.15) is 32.0 Å². The highest BCUT2D eigenvalue weighted by Gasteiger charge is 2.27. The molecule has 1 aliphatic rings. The van der Waals surface area contributed by atoms with Gasteiger partial charge in [-0.05, 0) is 26.8 Å². The lowest BCUT2D eigenvalue weighted by atomic mass is 9.95. The van der Waals surface area contributed by atoms with E-state index in [1.165, 1.54) is 0 Å². The third-order valence-corrected chi connectivity index (χ3v) is 3.63. The number of nitrogens with zero attached hydrogens (tertiary/aromatic N) is 3. The number of allylic oxidation sites excluding steroid dienone is 1. The maximum absolute atomic E-state index is 12.5. The van der Waals surface area contributed by atoms with Crippen molar-refractivity contribution in [2.75, 3.05) is 0 Å².